The summed E-state index contributed by atoms with van der Waals surface area (Å²) in [6, 6.07) is 15.5. The van der Waals surface area contributed by atoms with Crippen LogP contribution in [0.2, 0.25) is 0 Å². The maximum atomic E-state index is 11.0. The van der Waals surface area contributed by atoms with Crippen LogP contribution in [-0.4, -0.2) is 17.1 Å². The fourth-order valence-electron chi connectivity index (χ4n) is 2.10. The summed E-state index contributed by atoms with van der Waals surface area (Å²) in [4.78, 5) is 11.0. The highest BCUT2D eigenvalue weighted by molar-refractivity contribution is 9.10. The molecular formula is C16H16BrNO2. The number of anilines is 1. The van der Waals surface area contributed by atoms with Gasteiger partial charge in [0.25, 0.3) is 0 Å². The van der Waals surface area contributed by atoms with Gasteiger partial charge in [0.15, 0.2) is 0 Å². The zero-order chi connectivity index (χ0) is 14.5. The minimum Gasteiger partial charge on any atom is -0.478 e. The predicted molar refractivity (Wildman–Crippen MR) is 84.3 cm³/mol. The molecule has 1 unspecified atom stereocenters. The summed E-state index contributed by atoms with van der Waals surface area (Å²) in [6.45, 7) is 2.08. The van der Waals surface area contributed by atoms with E-state index < -0.39 is 5.97 Å². The number of halogens is 1. The van der Waals surface area contributed by atoms with Crippen LogP contribution in [0.1, 0.15) is 22.8 Å². The van der Waals surface area contributed by atoms with E-state index in [0.29, 0.717) is 0 Å². The number of hydrogen-bond acceptors (Lipinski definition) is 2. The number of benzene rings is 2. The molecule has 0 amide bonds. The summed E-state index contributed by atoms with van der Waals surface area (Å²) >= 11 is 3.33. The minimum atomic E-state index is -0.926. The van der Waals surface area contributed by atoms with E-state index in [4.69, 9.17) is 5.11 Å². The molecule has 0 heterocycles. The second kappa shape index (κ2) is 6.57. The Hall–Kier alpha value is -1.81. The van der Waals surface area contributed by atoms with Crippen molar-refractivity contribution in [2.75, 3.05) is 5.32 Å². The van der Waals surface area contributed by atoms with Crippen LogP contribution >= 0.6 is 15.9 Å². The second-order valence-corrected chi connectivity index (χ2v) is 5.68. The van der Waals surface area contributed by atoms with Gasteiger partial charge in [0.2, 0.25) is 0 Å². The molecule has 2 aromatic rings. The lowest BCUT2D eigenvalue weighted by molar-refractivity contribution is 0.0697. The van der Waals surface area contributed by atoms with Gasteiger partial charge in [-0.3, -0.25) is 0 Å². The maximum Gasteiger partial charge on any atom is 0.335 e. The molecule has 104 valence electrons. The Balaban J connectivity index is 2.07. The Kier molecular flexibility index (Phi) is 4.79. The zero-order valence-corrected chi connectivity index (χ0v) is 12.7. The first-order valence-corrected chi connectivity index (χ1v) is 7.18. The van der Waals surface area contributed by atoms with E-state index in [1.165, 1.54) is 5.56 Å². The van der Waals surface area contributed by atoms with Crippen LogP contribution in [0.25, 0.3) is 0 Å². The van der Waals surface area contributed by atoms with Crippen molar-refractivity contribution in [1.82, 2.24) is 0 Å². The van der Waals surface area contributed by atoms with Gasteiger partial charge >= 0.3 is 5.97 Å². The molecule has 0 aliphatic rings. The van der Waals surface area contributed by atoms with Gasteiger partial charge < -0.3 is 10.4 Å². The van der Waals surface area contributed by atoms with E-state index in [0.717, 1.165) is 16.6 Å². The Morgan fingerprint density at radius 1 is 1.25 bits per heavy atom. The molecule has 0 bridgehead atoms. The van der Waals surface area contributed by atoms with Gasteiger partial charge in [-0.15, -0.1) is 0 Å². The van der Waals surface area contributed by atoms with Crippen molar-refractivity contribution in [2.45, 2.75) is 19.4 Å². The Labute approximate surface area is 126 Å². The minimum absolute atomic E-state index is 0.216. The monoisotopic (exact) mass is 333 g/mol. The van der Waals surface area contributed by atoms with Crippen LogP contribution in [0.5, 0.6) is 0 Å². The number of rotatable bonds is 5. The average Bonchev–Trinajstić information content (AvgIpc) is 2.38. The number of carboxylic acid groups (broad SMARTS) is 1. The topological polar surface area (TPSA) is 49.3 Å². The lowest BCUT2D eigenvalue weighted by Gasteiger charge is -2.16. The van der Waals surface area contributed by atoms with Gasteiger partial charge in [-0.25, -0.2) is 4.79 Å². The van der Waals surface area contributed by atoms with E-state index in [9.17, 15) is 4.79 Å². The van der Waals surface area contributed by atoms with Crippen LogP contribution in [0.3, 0.4) is 0 Å². The maximum absolute atomic E-state index is 11.0. The Bertz CT molecular complexity index is 599. The van der Waals surface area contributed by atoms with Crippen molar-refractivity contribution < 1.29 is 9.90 Å². The molecule has 0 aliphatic carbocycles. The van der Waals surface area contributed by atoms with Crippen molar-refractivity contribution in [3.05, 3.63) is 64.1 Å². The molecule has 0 aromatic heterocycles. The lowest BCUT2D eigenvalue weighted by Crippen LogP contribution is -2.18. The van der Waals surface area contributed by atoms with Crippen LogP contribution in [0.4, 0.5) is 5.69 Å². The Morgan fingerprint density at radius 3 is 2.60 bits per heavy atom. The average molecular weight is 334 g/mol. The summed E-state index contributed by atoms with van der Waals surface area (Å²) in [5, 5.41) is 12.4. The van der Waals surface area contributed by atoms with E-state index in [1.807, 2.05) is 24.3 Å². The van der Waals surface area contributed by atoms with Gasteiger partial charge in [0, 0.05) is 16.2 Å². The molecule has 0 fully saturated rings. The number of nitrogens with one attached hydrogen (secondary N) is 1. The smallest absolute Gasteiger partial charge is 0.335 e. The van der Waals surface area contributed by atoms with Crippen LogP contribution in [-0.2, 0) is 6.42 Å². The standard InChI is InChI=1S/C16H16BrNO2/c1-11(7-12-5-3-2-4-6-12)18-15-9-13(16(19)20)8-14(17)10-15/h2-6,8-11,18H,7H2,1H3,(H,19,20). The number of hydrogen-bond donors (Lipinski definition) is 2. The van der Waals surface area contributed by atoms with Crippen LogP contribution in [0, 0.1) is 0 Å². The summed E-state index contributed by atoms with van der Waals surface area (Å²) in [6.07, 6.45) is 0.885. The van der Waals surface area contributed by atoms with E-state index in [2.05, 4.69) is 40.3 Å². The Morgan fingerprint density at radius 2 is 1.95 bits per heavy atom. The molecular weight excluding hydrogens is 318 g/mol. The molecule has 0 aliphatic heterocycles. The van der Waals surface area contributed by atoms with Crippen LogP contribution < -0.4 is 5.32 Å². The fraction of sp³-hybridized carbons (Fsp3) is 0.188. The zero-order valence-electron chi connectivity index (χ0n) is 11.1. The third-order valence-electron chi connectivity index (χ3n) is 2.94. The lowest BCUT2D eigenvalue weighted by atomic mass is 10.1. The third kappa shape index (κ3) is 4.10. The summed E-state index contributed by atoms with van der Waals surface area (Å²) in [5.74, 6) is -0.926. The van der Waals surface area contributed by atoms with Gasteiger partial charge in [0.1, 0.15) is 0 Å². The molecule has 2 aromatic carbocycles. The SMILES string of the molecule is CC(Cc1ccccc1)Nc1cc(Br)cc(C(=O)O)c1. The van der Waals surface area contributed by atoms with Crippen molar-refractivity contribution in [1.29, 1.82) is 0 Å². The predicted octanol–water partition coefficient (Wildman–Crippen LogP) is 4.19. The molecule has 4 heteroatoms. The first kappa shape index (κ1) is 14.6. The summed E-state index contributed by atoms with van der Waals surface area (Å²) in [5.41, 5.74) is 2.33. The molecule has 2 N–H and O–H groups in total. The number of carbonyl (C=O) groups is 1. The van der Waals surface area contributed by atoms with Crippen molar-refractivity contribution >= 4 is 27.6 Å². The third-order valence-corrected chi connectivity index (χ3v) is 3.40. The molecule has 0 saturated carbocycles. The van der Waals surface area contributed by atoms with Crippen molar-refractivity contribution in [3.63, 3.8) is 0 Å². The summed E-state index contributed by atoms with van der Waals surface area (Å²) < 4.78 is 0.756. The van der Waals surface area contributed by atoms with Gasteiger partial charge in [-0.2, -0.15) is 0 Å². The number of aromatic carboxylic acids is 1. The second-order valence-electron chi connectivity index (χ2n) is 4.77. The largest absolute Gasteiger partial charge is 0.478 e. The molecule has 3 nitrogen and oxygen atoms in total. The van der Waals surface area contributed by atoms with Crippen molar-refractivity contribution in [2.24, 2.45) is 0 Å². The van der Waals surface area contributed by atoms with E-state index >= 15 is 0 Å². The first-order valence-electron chi connectivity index (χ1n) is 6.39. The molecule has 0 saturated heterocycles. The van der Waals surface area contributed by atoms with Crippen LogP contribution in [0.15, 0.2) is 53.0 Å². The molecule has 0 spiro atoms. The van der Waals surface area contributed by atoms with E-state index in [-0.39, 0.29) is 11.6 Å². The highest BCUT2D eigenvalue weighted by atomic mass is 79.9. The molecule has 2 rings (SSSR count). The van der Waals surface area contributed by atoms with Gasteiger partial charge in [-0.05, 0) is 37.1 Å². The van der Waals surface area contributed by atoms with E-state index in [1.54, 1.807) is 12.1 Å². The summed E-state index contributed by atoms with van der Waals surface area (Å²) in [7, 11) is 0. The fourth-order valence-corrected chi connectivity index (χ4v) is 2.59. The molecule has 20 heavy (non-hydrogen) atoms. The highest BCUT2D eigenvalue weighted by Crippen LogP contribution is 2.21. The highest BCUT2D eigenvalue weighted by Gasteiger charge is 2.08. The normalized spacial score (nSPS) is 11.9. The molecule has 1 atom stereocenters. The molecule has 0 radical (unpaired) electrons. The first-order chi connectivity index (χ1) is 9.54. The van der Waals surface area contributed by atoms with Crippen molar-refractivity contribution in [3.8, 4) is 0 Å². The van der Waals surface area contributed by atoms with Gasteiger partial charge in [-0.1, -0.05) is 46.3 Å². The van der Waals surface area contributed by atoms with Gasteiger partial charge in [0.05, 0.1) is 5.56 Å². The number of carboxylic acids is 1. The quantitative estimate of drug-likeness (QED) is 0.862.